The number of nitrogens with two attached hydrogens (primary N) is 1. The predicted molar refractivity (Wildman–Crippen MR) is 83.6 cm³/mol. The Balaban J connectivity index is 1.70. The number of para-hydroxylation sites is 1. The van der Waals surface area contributed by atoms with Gasteiger partial charge < -0.3 is 15.6 Å². The van der Waals surface area contributed by atoms with Crippen LogP contribution in [0.1, 0.15) is 19.3 Å². The van der Waals surface area contributed by atoms with E-state index in [1.165, 1.54) is 0 Å². The van der Waals surface area contributed by atoms with E-state index in [-0.39, 0.29) is 18.7 Å². The van der Waals surface area contributed by atoms with Gasteiger partial charge in [0.15, 0.2) is 0 Å². The first-order valence-corrected chi connectivity index (χ1v) is 7.74. The molecule has 2 heterocycles. The lowest BCUT2D eigenvalue weighted by atomic mass is 9.88. The molecule has 2 amide bonds. The van der Waals surface area contributed by atoms with Gasteiger partial charge in [0, 0.05) is 18.8 Å². The summed E-state index contributed by atoms with van der Waals surface area (Å²) in [4.78, 5) is 26.9. The van der Waals surface area contributed by atoms with E-state index in [4.69, 9.17) is 10.5 Å². The van der Waals surface area contributed by atoms with Gasteiger partial charge in [-0.1, -0.05) is 18.2 Å². The summed E-state index contributed by atoms with van der Waals surface area (Å²) in [6, 6.07) is 9.38. The van der Waals surface area contributed by atoms with Crippen LogP contribution in [0.4, 0.5) is 10.5 Å². The number of rotatable bonds is 4. The zero-order chi connectivity index (χ0) is 16.4. The van der Waals surface area contributed by atoms with Gasteiger partial charge >= 0.3 is 6.09 Å². The molecule has 0 spiro atoms. The third-order valence-corrected chi connectivity index (χ3v) is 4.54. The number of anilines is 1. The Labute approximate surface area is 134 Å². The lowest BCUT2D eigenvalue weighted by molar-refractivity contribution is -0.125. The number of primary amides is 1. The number of hydrogen-bond acceptors (Lipinski definition) is 5. The van der Waals surface area contributed by atoms with Crippen LogP contribution in [0.15, 0.2) is 30.3 Å². The number of benzene rings is 1. The number of carbonyl (C=O) groups excluding carboxylic acids is 2. The fourth-order valence-corrected chi connectivity index (χ4v) is 3.29. The second-order valence-corrected chi connectivity index (χ2v) is 6.17. The number of aliphatic hydroxyl groups is 1. The highest BCUT2D eigenvalue weighted by Gasteiger charge is 2.42. The molecule has 3 rings (SSSR count). The van der Waals surface area contributed by atoms with Crippen molar-refractivity contribution in [3.05, 3.63) is 30.3 Å². The maximum atomic E-state index is 12.1. The monoisotopic (exact) mass is 319 g/mol. The molecule has 1 aromatic rings. The Morgan fingerprint density at radius 3 is 2.57 bits per heavy atom. The zero-order valence-electron chi connectivity index (χ0n) is 12.9. The van der Waals surface area contributed by atoms with Crippen molar-refractivity contribution in [3.63, 3.8) is 0 Å². The first kappa shape index (κ1) is 15.8. The van der Waals surface area contributed by atoms with Gasteiger partial charge in [-0.05, 0) is 25.0 Å². The van der Waals surface area contributed by atoms with Gasteiger partial charge in [0.05, 0.1) is 12.0 Å². The van der Waals surface area contributed by atoms with Gasteiger partial charge in [0.1, 0.15) is 12.8 Å². The van der Waals surface area contributed by atoms with Crippen LogP contribution in [0.3, 0.4) is 0 Å². The number of likely N-dealkylation sites (tertiary alicyclic amines) is 1. The summed E-state index contributed by atoms with van der Waals surface area (Å²) in [6.45, 7) is 1.45. The molecule has 7 nitrogen and oxygen atoms in total. The van der Waals surface area contributed by atoms with E-state index < -0.39 is 11.5 Å². The average molecular weight is 319 g/mol. The molecule has 1 unspecified atom stereocenters. The minimum atomic E-state index is -1.04. The van der Waals surface area contributed by atoms with E-state index in [1.807, 2.05) is 30.3 Å². The molecule has 1 aromatic carbocycles. The summed E-state index contributed by atoms with van der Waals surface area (Å²) < 4.78 is 5.21. The predicted octanol–water partition coefficient (Wildman–Crippen LogP) is 0.672. The lowest BCUT2D eigenvalue weighted by Crippen LogP contribution is -2.54. The first-order valence-electron chi connectivity index (χ1n) is 7.74. The third-order valence-electron chi connectivity index (χ3n) is 4.54. The number of cyclic esters (lactones) is 1. The van der Waals surface area contributed by atoms with Crippen LogP contribution in [-0.2, 0) is 9.53 Å². The highest BCUT2D eigenvalue weighted by atomic mass is 16.6. The van der Waals surface area contributed by atoms with Gasteiger partial charge in [-0.15, -0.1) is 0 Å². The molecular weight excluding hydrogens is 298 g/mol. The molecule has 0 saturated carbocycles. The summed E-state index contributed by atoms with van der Waals surface area (Å²) in [5, 5.41) is 10.4. The molecule has 0 radical (unpaired) electrons. The molecular formula is C16H21N3O4. The summed E-state index contributed by atoms with van der Waals surface area (Å²) >= 11 is 0. The van der Waals surface area contributed by atoms with E-state index in [2.05, 4.69) is 4.90 Å². The molecule has 0 aliphatic carbocycles. The highest BCUT2D eigenvalue weighted by molar-refractivity contribution is 5.90. The molecule has 7 heteroatoms. The van der Waals surface area contributed by atoms with Gasteiger partial charge in [0.2, 0.25) is 5.91 Å². The second-order valence-electron chi connectivity index (χ2n) is 6.17. The maximum Gasteiger partial charge on any atom is 0.415 e. The van der Waals surface area contributed by atoms with Crippen molar-refractivity contribution < 1.29 is 19.4 Å². The van der Waals surface area contributed by atoms with Crippen molar-refractivity contribution in [2.75, 3.05) is 24.6 Å². The Bertz CT molecular complexity index is 584. The number of carbonyl (C=O) groups is 2. The normalized spacial score (nSPS) is 24.5. The van der Waals surface area contributed by atoms with Crippen LogP contribution in [0.2, 0.25) is 0 Å². The van der Waals surface area contributed by atoms with Crippen LogP contribution in [0, 0.1) is 0 Å². The third kappa shape index (κ3) is 3.30. The number of nitrogens with zero attached hydrogens (tertiary/aromatic N) is 2. The number of piperidine rings is 1. The van der Waals surface area contributed by atoms with Crippen molar-refractivity contribution in [3.8, 4) is 0 Å². The topological polar surface area (TPSA) is 96.1 Å². The van der Waals surface area contributed by atoms with Gasteiger partial charge in [0.25, 0.3) is 0 Å². The molecule has 1 atom stereocenters. The Hall–Kier alpha value is -2.12. The smallest absolute Gasteiger partial charge is 0.415 e. The largest absolute Gasteiger partial charge is 0.445 e. The fraction of sp³-hybridized carbons (Fsp3) is 0.500. The molecule has 23 heavy (non-hydrogen) atoms. The van der Waals surface area contributed by atoms with Crippen LogP contribution in [0.25, 0.3) is 0 Å². The van der Waals surface area contributed by atoms with Crippen molar-refractivity contribution in [2.45, 2.75) is 31.0 Å². The summed E-state index contributed by atoms with van der Waals surface area (Å²) in [5.41, 5.74) is 4.95. The Kier molecular flexibility index (Phi) is 4.23. The van der Waals surface area contributed by atoms with E-state index in [0.717, 1.165) is 5.69 Å². The fourth-order valence-electron chi connectivity index (χ4n) is 3.29. The average Bonchev–Trinajstić information content (AvgIpc) is 2.89. The van der Waals surface area contributed by atoms with Crippen LogP contribution < -0.4 is 10.6 Å². The van der Waals surface area contributed by atoms with Gasteiger partial charge in [-0.3, -0.25) is 14.6 Å². The van der Waals surface area contributed by atoms with Crippen molar-refractivity contribution in [1.82, 2.24) is 4.90 Å². The molecule has 0 aromatic heterocycles. The van der Waals surface area contributed by atoms with Crippen molar-refractivity contribution >= 4 is 17.7 Å². The highest BCUT2D eigenvalue weighted by Crippen LogP contribution is 2.31. The molecule has 3 N–H and O–H groups in total. The van der Waals surface area contributed by atoms with E-state index in [0.29, 0.717) is 32.5 Å². The first-order chi connectivity index (χ1) is 11.0. The second kappa shape index (κ2) is 6.17. The van der Waals surface area contributed by atoms with E-state index in [1.54, 1.807) is 4.90 Å². The zero-order valence-corrected chi connectivity index (χ0v) is 12.9. The summed E-state index contributed by atoms with van der Waals surface area (Å²) in [6.07, 6.45) is 0.317. The quantitative estimate of drug-likeness (QED) is 0.850. The molecule has 2 aliphatic heterocycles. The standard InChI is InChI=1S/C16H21N3O4/c17-13(20)10-16(22)6-8-18(9-7-16)14-11-23-15(21)19(14)12-4-2-1-3-5-12/h1-5,14,22H,6-11H2,(H2,17,20). The molecule has 2 fully saturated rings. The van der Waals surface area contributed by atoms with Crippen molar-refractivity contribution in [1.29, 1.82) is 0 Å². The number of amides is 2. The van der Waals surface area contributed by atoms with Gasteiger partial charge in [-0.2, -0.15) is 0 Å². The SMILES string of the molecule is NC(=O)CC1(O)CCN(C2COC(=O)N2c2ccccc2)CC1. The molecule has 2 aliphatic rings. The molecule has 124 valence electrons. The maximum absolute atomic E-state index is 12.1. The van der Waals surface area contributed by atoms with E-state index in [9.17, 15) is 14.7 Å². The van der Waals surface area contributed by atoms with E-state index >= 15 is 0 Å². The molecule has 2 saturated heterocycles. The minimum absolute atomic E-state index is 0.0245. The molecule has 0 bridgehead atoms. The summed E-state index contributed by atoms with van der Waals surface area (Å²) in [5.74, 6) is -0.494. The van der Waals surface area contributed by atoms with Crippen LogP contribution in [0.5, 0.6) is 0 Å². The minimum Gasteiger partial charge on any atom is -0.445 e. The Morgan fingerprint density at radius 2 is 1.96 bits per heavy atom. The lowest BCUT2D eigenvalue weighted by Gasteiger charge is -2.41. The van der Waals surface area contributed by atoms with Crippen molar-refractivity contribution in [2.24, 2.45) is 5.73 Å². The number of hydrogen-bond donors (Lipinski definition) is 2. The summed E-state index contributed by atoms with van der Waals surface area (Å²) in [7, 11) is 0. The van der Waals surface area contributed by atoms with Crippen LogP contribution >= 0.6 is 0 Å². The number of ether oxygens (including phenoxy) is 1. The Morgan fingerprint density at radius 1 is 1.30 bits per heavy atom. The van der Waals surface area contributed by atoms with Gasteiger partial charge in [-0.25, -0.2) is 4.79 Å². The van der Waals surface area contributed by atoms with Crippen LogP contribution in [-0.4, -0.2) is 53.5 Å².